The molecule has 1 aromatic rings. The van der Waals surface area contributed by atoms with Gasteiger partial charge in [-0.05, 0) is 38.5 Å². The molecular weight excluding hydrogens is 457 g/mol. The molecule has 0 fully saturated rings. The zero-order chi connectivity index (χ0) is 19.5. The highest BCUT2D eigenvalue weighted by Crippen LogP contribution is 2.09. The van der Waals surface area contributed by atoms with E-state index >= 15 is 0 Å². The third kappa shape index (κ3) is 8.59. The Kier molecular flexibility index (Phi) is 12.4. The highest BCUT2D eigenvalue weighted by Gasteiger charge is 2.11. The molecule has 2 N–H and O–H groups in total. The zero-order valence-corrected chi connectivity index (χ0v) is 19.2. The number of carbonyl (C=O) groups excluding carboxylic acids is 2. The average Bonchev–Trinajstić information content (AvgIpc) is 2.64. The van der Waals surface area contributed by atoms with Gasteiger partial charge in [0.1, 0.15) is 0 Å². The number of halogens is 1. The second kappa shape index (κ2) is 13.3. The number of hydrogen-bond donors (Lipinski definition) is 2. The molecule has 0 unspecified atom stereocenters. The molecule has 0 aliphatic heterocycles. The molecule has 0 heterocycles. The van der Waals surface area contributed by atoms with Crippen molar-refractivity contribution in [3.05, 3.63) is 35.4 Å². The molecule has 8 heteroatoms. The Bertz CT molecular complexity index is 613. The summed E-state index contributed by atoms with van der Waals surface area (Å²) in [5, 5.41) is 6.13. The number of carbonyl (C=O) groups is 2. The standard InChI is InChI=1S/C19H31N5O2.HI/c1-6-20-19(22-14-17(25)23(4)5)21-13-15-9-11-16(12-10-15)18(26)24(7-2)8-3;/h9-12H,6-8,13-14H2,1-5H3,(H2,20,21,22);1H. The lowest BCUT2D eigenvalue weighted by Gasteiger charge is -2.18. The van der Waals surface area contributed by atoms with Gasteiger partial charge in [-0.1, -0.05) is 12.1 Å². The molecule has 0 bridgehead atoms. The summed E-state index contributed by atoms with van der Waals surface area (Å²) in [4.78, 5) is 31.8. The summed E-state index contributed by atoms with van der Waals surface area (Å²) in [6.07, 6.45) is 0. The number of aliphatic imine (C=N–C) groups is 1. The molecule has 0 saturated heterocycles. The highest BCUT2D eigenvalue weighted by atomic mass is 127. The van der Waals surface area contributed by atoms with E-state index < -0.39 is 0 Å². The van der Waals surface area contributed by atoms with Gasteiger partial charge in [0.15, 0.2) is 5.96 Å². The van der Waals surface area contributed by atoms with Crippen LogP contribution in [0.1, 0.15) is 36.7 Å². The molecule has 27 heavy (non-hydrogen) atoms. The maximum absolute atomic E-state index is 12.3. The van der Waals surface area contributed by atoms with Gasteiger partial charge < -0.3 is 20.4 Å². The number of nitrogens with one attached hydrogen (secondary N) is 2. The average molecular weight is 489 g/mol. The number of likely N-dealkylation sites (N-methyl/N-ethyl adjacent to an activating group) is 1. The summed E-state index contributed by atoms with van der Waals surface area (Å²) in [5.41, 5.74) is 1.68. The Hall–Kier alpha value is -1.84. The van der Waals surface area contributed by atoms with Gasteiger partial charge in [0, 0.05) is 39.3 Å². The summed E-state index contributed by atoms with van der Waals surface area (Å²) >= 11 is 0. The van der Waals surface area contributed by atoms with Crippen molar-refractivity contribution < 1.29 is 9.59 Å². The van der Waals surface area contributed by atoms with Crippen LogP contribution in [0.4, 0.5) is 0 Å². The van der Waals surface area contributed by atoms with E-state index in [1.807, 2.05) is 45.0 Å². The second-order valence-electron chi connectivity index (χ2n) is 6.01. The van der Waals surface area contributed by atoms with E-state index in [-0.39, 0.29) is 42.3 Å². The normalized spacial score (nSPS) is 10.6. The summed E-state index contributed by atoms with van der Waals surface area (Å²) < 4.78 is 0. The van der Waals surface area contributed by atoms with Crippen molar-refractivity contribution in [2.24, 2.45) is 4.99 Å². The molecule has 2 amide bonds. The van der Waals surface area contributed by atoms with Crippen LogP contribution < -0.4 is 10.6 Å². The smallest absolute Gasteiger partial charge is 0.253 e. The van der Waals surface area contributed by atoms with Crippen LogP contribution in [0.25, 0.3) is 0 Å². The Morgan fingerprint density at radius 1 is 1.00 bits per heavy atom. The Morgan fingerprint density at radius 3 is 2.07 bits per heavy atom. The molecule has 152 valence electrons. The van der Waals surface area contributed by atoms with E-state index in [9.17, 15) is 9.59 Å². The van der Waals surface area contributed by atoms with Crippen LogP contribution in [0, 0.1) is 0 Å². The van der Waals surface area contributed by atoms with Crippen molar-refractivity contribution in [2.45, 2.75) is 27.3 Å². The molecule has 1 aromatic carbocycles. The number of amides is 2. The molecule has 0 aliphatic rings. The highest BCUT2D eigenvalue weighted by molar-refractivity contribution is 14.0. The van der Waals surface area contributed by atoms with Crippen LogP contribution in [0.2, 0.25) is 0 Å². The SMILES string of the molecule is CCNC(=NCc1ccc(C(=O)N(CC)CC)cc1)NCC(=O)N(C)C.I. The monoisotopic (exact) mass is 489 g/mol. The largest absolute Gasteiger partial charge is 0.357 e. The van der Waals surface area contributed by atoms with Gasteiger partial charge in [-0.3, -0.25) is 9.59 Å². The number of hydrogen-bond acceptors (Lipinski definition) is 3. The maximum atomic E-state index is 12.3. The first-order valence-electron chi connectivity index (χ1n) is 9.03. The van der Waals surface area contributed by atoms with E-state index in [4.69, 9.17) is 0 Å². The minimum Gasteiger partial charge on any atom is -0.357 e. The lowest BCUT2D eigenvalue weighted by molar-refractivity contribution is -0.127. The van der Waals surface area contributed by atoms with Crippen molar-refractivity contribution in [1.82, 2.24) is 20.4 Å². The van der Waals surface area contributed by atoms with Gasteiger partial charge in [-0.25, -0.2) is 4.99 Å². The second-order valence-corrected chi connectivity index (χ2v) is 6.01. The number of benzene rings is 1. The molecule has 0 atom stereocenters. The molecule has 0 saturated carbocycles. The van der Waals surface area contributed by atoms with Crippen molar-refractivity contribution in [3.8, 4) is 0 Å². The first kappa shape index (κ1) is 25.2. The minimum absolute atomic E-state index is 0. The Labute approximate surface area is 179 Å². The van der Waals surface area contributed by atoms with Crippen LogP contribution in [-0.4, -0.2) is 67.8 Å². The number of rotatable bonds is 8. The van der Waals surface area contributed by atoms with Crippen molar-refractivity contribution in [1.29, 1.82) is 0 Å². The van der Waals surface area contributed by atoms with Gasteiger partial charge >= 0.3 is 0 Å². The first-order chi connectivity index (χ1) is 12.4. The van der Waals surface area contributed by atoms with Crippen LogP contribution >= 0.6 is 24.0 Å². The topological polar surface area (TPSA) is 77.0 Å². The van der Waals surface area contributed by atoms with E-state index in [1.165, 1.54) is 4.90 Å². The quantitative estimate of drug-likeness (QED) is 0.333. The van der Waals surface area contributed by atoms with E-state index in [2.05, 4.69) is 15.6 Å². The maximum Gasteiger partial charge on any atom is 0.253 e. The number of guanidine groups is 1. The minimum atomic E-state index is -0.0186. The van der Waals surface area contributed by atoms with Gasteiger partial charge in [0.05, 0.1) is 13.1 Å². The van der Waals surface area contributed by atoms with E-state index in [0.29, 0.717) is 37.7 Å². The molecule has 0 spiro atoms. The van der Waals surface area contributed by atoms with Crippen LogP contribution in [0.3, 0.4) is 0 Å². The van der Waals surface area contributed by atoms with Gasteiger partial charge in [-0.15, -0.1) is 24.0 Å². The van der Waals surface area contributed by atoms with Gasteiger partial charge in [0.2, 0.25) is 5.91 Å². The van der Waals surface area contributed by atoms with E-state index in [1.54, 1.807) is 19.0 Å². The lowest BCUT2D eigenvalue weighted by Crippen LogP contribution is -2.42. The molecule has 7 nitrogen and oxygen atoms in total. The van der Waals surface area contributed by atoms with Crippen LogP contribution in [0.5, 0.6) is 0 Å². The van der Waals surface area contributed by atoms with Crippen molar-refractivity contribution in [3.63, 3.8) is 0 Å². The van der Waals surface area contributed by atoms with Crippen molar-refractivity contribution >= 4 is 41.8 Å². The van der Waals surface area contributed by atoms with Crippen molar-refractivity contribution in [2.75, 3.05) is 40.3 Å². The summed E-state index contributed by atoms with van der Waals surface area (Å²) in [7, 11) is 3.43. The van der Waals surface area contributed by atoms with Crippen LogP contribution in [-0.2, 0) is 11.3 Å². The first-order valence-corrected chi connectivity index (χ1v) is 9.03. The fourth-order valence-corrected chi connectivity index (χ4v) is 2.28. The Morgan fingerprint density at radius 2 is 1.59 bits per heavy atom. The Balaban J connectivity index is 0.00000676. The third-order valence-electron chi connectivity index (χ3n) is 3.92. The number of nitrogens with zero attached hydrogens (tertiary/aromatic N) is 3. The fourth-order valence-electron chi connectivity index (χ4n) is 2.28. The molecule has 1 rings (SSSR count). The third-order valence-corrected chi connectivity index (χ3v) is 3.92. The predicted octanol–water partition coefficient (Wildman–Crippen LogP) is 1.93. The fraction of sp³-hybridized carbons (Fsp3) is 0.526. The molecule has 0 radical (unpaired) electrons. The molecule has 0 aliphatic carbocycles. The summed E-state index contributed by atoms with van der Waals surface area (Å²) in [5.74, 6) is 0.614. The molecular formula is C19H32IN5O2. The summed E-state index contributed by atoms with van der Waals surface area (Å²) in [6.45, 7) is 8.68. The predicted molar refractivity (Wildman–Crippen MR) is 121 cm³/mol. The summed E-state index contributed by atoms with van der Waals surface area (Å²) in [6, 6.07) is 7.49. The molecule has 0 aromatic heterocycles. The van der Waals surface area contributed by atoms with Crippen LogP contribution in [0.15, 0.2) is 29.3 Å². The van der Waals surface area contributed by atoms with Gasteiger partial charge in [0.25, 0.3) is 5.91 Å². The van der Waals surface area contributed by atoms with Gasteiger partial charge in [-0.2, -0.15) is 0 Å². The van der Waals surface area contributed by atoms with E-state index in [0.717, 1.165) is 5.56 Å². The lowest BCUT2D eigenvalue weighted by atomic mass is 10.1. The zero-order valence-electron chi connectivity index (χ0n) is 16.9.